The Hall–Kier alpha value is -4.69. The summed E-state index contributed by atoms with van der Waals surface area (Å²) in [4.78, 5) is 38.4. The molecule has 7 N–H and O–H groups in total. The smallest absolute Gasteiger partial charge is 0.404 e. The maximum absolute atomic E-state index is 12.6. The van der Waals surface area contributed by atoms with Gasteiger partial charge in [-0.3, -0.25) is 15.1 Å². The molecular weight excluding hydrogens is 529 g/mol. The standard InChI is InChI=1S/C23H20F3N7O3.C3H9N/c24-23(25,26)36-18-4-2-1-3-17(18)31-22(35)33-21-30-12-16(20(34)32-21)15-7-5-14(6-8-15)11-27-13-19-28-9-10-29-19;1-2-3-4/h1-10,12,27H,11,13H2,(H,28,29)(H3,30,31,32,33,34,35);2-4H2,1H3. The van der Waals surface area contributed by atoms with Crippen LogP contribution < -0.4 is 32.0 Å². The van der Waals surface area contributed by atoms with Crippen LogP contribution >= 0.6 is 0 Å². The van der Waals surface area contributed by atoms with Crippen LogP contribution in [0.1, 0.15) is 24.7 Å². The molecule has 0 saturated heterocycles. The number of aromatic nitrogens is 4. The summed E-state index contributed by atoms with van der Waals surface area (Å²) < 4.78 is 41.5. The molecule has 0 atom stereocenters. The summed E-state index contributed by atoms with van der Waals surface area (Å²) >= 11 is 0. The number of nitrogens with one attached hydrogen (secondary N) is 5. The Morgan fingerprint density at radius 1 is 1.05 bits per heavy atom. The van der Waals surface area contributed by atoms with Crippen molar-refractivity contribution >= 4 is 17.7 Å². The number of imidazole rings is 1. The summed E-state index contributed by atoms with van der Waals surface area (Å²) in [7, 11) is 0. The molecule has 14 heteroatoms. The Bertz CT molecular complexity index is 1410. The fourth-order valence-corrected chi connectivity index (χ4v) is 3.23. The van der Waals surface area contributed by atoms with Gasteiger partial charge in [-0.15, -0.1) is 13.2 Å². The molecule has 4 rings (SSSR count). The van der Waals surface area contributed by atoms with Crippen LogP contribution in [0.25, 0.3) is 11.1 Å². The van der Waals surface area contributed by atoms with Crippen molar-refractivity contribution in [3.8, 4) is 16.9 Å². The van der Waals surface area contributed by atoms with Crippen molar-refractivity contribution in [3.05, 3.63) is 88.9 Å². The van der Waals surface area contributed by atoms with E-state index in [4.69, 9.17) is 5.73 Å². The van der Waals surface area contributed by atoms with Crippen molar-refractivity contribution in [2.24, 2.45) is 5.73 Å². The van der Waals surface area contributed by atoms with Gasteiger partial charge in [-0.25, -0.2) is 14.8 Å². The van der Waals surface area contributed by atoms with E-state index >= 15 is 0 Å². The van der Waals surface area contributed by atoms with E-state index in [9.17, 15) is 22.8 Å². The average molecular weight is 559 g/mol. The van der Waals surface area contributed by atoms with Crippen LogP contribution in [0.15, 0.2) is 71.9 Å². The maximum Gasteiger partial charge on any atom is 0.573 e. The minimum absolute atomic E-state index is 0.186. The van der Waals surface area contributed by atoms with Crippen molar-refractivity contribution < 1.29 is 22.7 Å². The van der Waals surface area contributed by atoms with Gasteiger partial charge in [0.2, 0.25) is 5.95 Å². The second-order valence-electron chi connectivity index (χ2n) is 8.22. The molecule has 0 saturated carbocycles. The Kier molecular flexibility index (Phi) is 10.8. The molecule has 2 amide bonds. The molecule has 0 fully saturated rings. The number of hydrogen-bond donors (Lipinski definition) is 6. The number of urea groups is 1. The van der Waals surface area contributed by atoms with Crippen LogP contribution in [0.3, 0.4) is 0 Å². The molecule has 0 aliphatic heterocycles. The zero-order valence-corrected chi connectivity index (χ0v) is 21.5. The van der Waals surface area contributed by atoms with Gasteiger partial charge in [0.1, 0.15) is 5.82 Å². The quantitative estimate of drug-likeness (QED) is 0.178. The lowest BCUT2D eigenvalue weighted by Gasteiger charge is -2.14. The number of benzene rings is 2. The first kappa shape index (κ1) is 29.9. The second-order valence-corrected chi connectivity index (χ2v) is 8.22. The van der Waals surface area contributed by atoms with Gasteiger partial charge in [-0.05, 0) is 36.2 Å². The second kappa shape index (κ2) is 14.5. The molecule has 0 unspecified atom stereocenters. The molecule has 0 aliphatic rings. The fraction of sp³-hybridized carbons (Fsp3) is 0.231. The van der Waals surface area contributed by atoms with Gasteiger partial charge in [0.15, 0.2) is 5.75 Å². The van der Waals surface area contributed by atoms with Crippen LogP contribution in [-0.4, -0.2) is 38.9 Å². The number of carbonyl (C=O) groups excluding carboxylic acids is 1. The first-order chi connectivity index (χ1) is 19.2. The molecule has 40 heavy (non-hydrogen) atoms. The van der Waals surface area contributed by atoms with E-state index < -0.39 is 23.7 Å². The third kappa shape index (κ3) is 9.56. The third-order valence-corrected chi connectivity index (χ3v) is 5.12. The number of para-hydroxylation sites is 2. The van der Waals surface area contributed by atoms with E-state index in [0.717, 1.165) is 30.4 Å². The predicted molar refractivity (Wildman–Crippen MR) is 145 cm³/mol. The molecule has 2 heterocycles. The van der Waals surface area contributed by atoms with Gasteiger partial charge in [-0.2, -0.15) is 0 Å². The number of anilines is 2. The molecule has 0 spiro atoms. The van der Waals surface area contributed by atoms with Crippen LogP contribution in [0.5, 0.6) is 5.75 Å². The zero-order valence-electron chi connectivity index (χ0n) is 21.5. The SMILES string of the molecule is CCCN.O=C(Nc1ncc(-c2ccc(CNCc3ncc[nH]3)cc2)c(=O)[nH]1)Nc1ccccc1OC(F)(F)F. The number of H-pyrrole nitrogens is 2. The van der Waals surface area contributed by atoms with Crippen LogP contribution in [0, 0.1) is 0 Å². The number of carbonyl (C=O) groups is 1. The number of alkyl halides is 3. The summed E-state index contributed by atoms with van der Waals surface area (Å²) in [5.41, 5.74) is 6.20. The van der Waals surface area contributed by atoms with Crippen LogP contribution in [-0.2, 0) is 13.1 Å². The first-order valence-electron chi connectivity index (χ1n) is 12.2. The molecule has 2 aromatic carbocycles. The first-order valence-corrected chi connectivity index (χ1v) is 12.2. The monoisotopic (exact) mass is 558 g/mol. The average Bonchev–Trinajstić information content (AvgIpc) is 3.43. The normalized spacial score (nSPS) is 10.8. The predicted octanol–water partition coefficient (Wildman–Crippen LogP) is 4.35. The number of nitrogens with zero attached hydrogens (tertiary/aromatic N) is 2. The molecular formula is C26H29F3N8O3. The minimum Gasteiger partial charge on any atom is -0.404 e. The highest BCUT2D eigenvalue weighted by Gasteiger charge is 2.32. The Balaban J connectivity index is 0.00000103. The van der Waals surface area contributed by atoms with Crippen molar-refractivity contribution in [2.75, 3.05) is 17.2 Å². The summed E-state index contributed by atoms with van der Waals surface area (Å²) in [6.07, 6.45) is 0.888. The van der Waals surface area contributed by atoms with Crippen molar-refractivity contribution in [1.29, 1.82) is 0 Å². The minimum atomic E-state index is -4.93. The van der Waals surface area contributed by atoms with E-state index in [0.29, 0.717) is 18.7 Å². The largest absolute Gasteiger partial charge is 0.573 e. The fourth-order valence-electron chi connectivity index (χ4n) is 3.23. The third-order valence-electron chi connectivity index (χ3n) is 5.12. The Morgan fingerprint density at radius 2 is 1.77 bits per heavy atom. The van der Waals surface area contributed by atoms with Gasteiger partial charge >= 0.3 is 12.4 Å². The Morgan fingerprint density at radius 3 is 2.40 bits per heavy atom. The molecule has 2 aromatic heterocycles. The highest BCUT2D eigenvalue weighted by molar-refractivity contribution is 5.99. The van der Waals surface area contributed by atoms with E-state index in [2.05, 4.69) is 47.5 Å². The van der Waals surface area contributed by atoms with E-state index in [-0.39, 0.29) is 17.2 Å². The number of rotatable bonds is 9. The molecule has 11 nitrogen and oxygen atoms in total. The molecule has 0 bridgehead atoms. The number of nitrogens with two attached hydrogens (primary N) is 1. The molecule has 4 aromatic rings. The maximum atomic E-state index is 12.6. The van der Waals surface area contributed by atoms with E-state index in [1.54, 1.807) is 24.5 Å². The lowest BCUT2D eigenvalue weighted by atomic mass is 10.1. The number of halogens is 3. The van der Waals surface area contributed by atoms with Crippen molar-refractivity contribution in [1.82, 2.24) is 25.3 Å². The van der Waals surface area contributed by atoms with Crippen LogP contribution in [0.4, 0.5) is 29.6 Å². The topological polar surface area (TPSA) is 163 Å². The number of ether oxygens (including phenoxy) is 1. The summed E-state index contributed by atoms with van der Waals surface area (Å²) in [6.45, 7) is 4.06. The molecule has 0 radical (unpaired) electrons. The highest BCUT2D eigenvalue weighted by atomic mass is 19.4. The molecule has 212 valence electrons. The van der Waals surface area contributed by atoms with Crippen molar-refractivity contribution in [3.63, 3.8) is 0 Å². The van der Waals surface area contributed by atoms with Crippen molar-refractivity contribution in [2.45, 2.75) is 32.8 Å². The molecule has 0 aliphatic carbocycles. The van der Waals surface area contributed by atoms with Gasteiger partial charge in [0.05, 0.1) is 17.8 Å². The summed E-state index contributed by atoms with van der Waals surface area (Å²) in [5, 5.41) is 7.75. The van der Waals surface area contributed by atoms with Gasteiger partial charge < -0.3 is 26.1 Å². The number of amides is 2. The summed E-state index contributed by atoms with van der Waals surface area (Å²) in [5.74, 6) is 0.0521. The van der Waals surface area contributed by atoms with Gasteiger partial charge in [0, 0.05) is 25.1 Å². The van der Waals surface area contributed by atoms with Crippen LogP contribution in [0.2, 0.25) is 0 Å². The van der Waals surface area contributed by atoms with E-state index in [1.807, 2.05) is 12.1 Å². The Labute approximate surface area is 227 Å². The van der Waals surface area contributed by atoms with Gasteiger partial charge in [0.25, 0.3) is 5.56 Å². The summed E-state index contributed by atoms with van der Waals surface area (Å²) in [6, 6.07) is 11.4. The number of hydrogen-bond acceptors (Lipinski definition) is 7. The zero-order chi connectivity index (χ0) is 29.0. The van der Waals surface area contributed by atoms with Gasteiger partial charge in [-0.1, -0.05) is 43.3 Å². The number of aromatic amines is 2. The highest BCUT2D eigenvalue weighted by Crippen LogP contribution is 2.30. The van der Waals surface area contributed by atoms with E-state index in [1.165, 1.54) is 24.4 Å². The lowest BCUT2D eigenvalue weighted by molar-refractivity contribution is -0.274. The lowest BCUT2D eigenvalue weighted by Crippen LogP contribution is -2.24.